The third kappa shape index (κ3) is 3.25. The summed E-state index contributed by atoms with van der Waals surface area (Å²) in [5.41, 5.74) is 7.91. The number of anilines is 2. The fourth-order valence-electron chi connectivity index (χ4n) is 2.82. The quantitative estimate of drug-likeness (QED) is 0.841. The van der Waals surface area contributed by atoms with E-state index >= 15 is 0 Å². The molecule has 1 saturated heterocycles. The summed E-state index contributed by atoms with van der Waals surface area (Å²) in [5.74, 6) is 0. The number of benzene rings is 1. The summed E-state index contributed by atoms with van der Waals surface area (Å²) in [5, 5.41) is 5.71. The highest BCUT2D eigenvalue weighted by Crippen LogP contribution is 2.27. The standard InChI is InChI=1S/C16H22N4O/c1-12(11-20-6-8-21-9-7-20)19-16-3-2-15(17)13-4-5-18-10-14(13)16/h2-5,10,12,19H,6-9,11,17H2,1H3. The van der Waals surface area contributed by atoms with Gasteiger partial charge in [0.15, 0.2) is 0 Å². The van der Waals surface area contributed by atoms with Crippen LogP contribution in [0.3, 0.4) is 0 Å². The second kappa shape index (κ2) is 6.28. The minimum absolute atomic E-state index is 0.357. The van der Waals surface area contributed by atoms with Crippen LogP contribution in [0.5, 0.6) is 0 Å². The van der Waals surface area contributed by atoms with Crippen molar-refractivity contribution in [2.24, 2.45) is 0 Å². The molecule has 1 aliphatic heterocycles. The monoisotopic (exact) mass is 286 g/mol. The van der Waals surface area contributed by atoms with Gasteiger partial charge in [0.25, 0.3) is 0 Å². The molecule has 3 rings (SSSR count). The summed E-state index contributed by atoms with van der Waals surface area (Å²) in [6.45, 7) is 6.90. The number of aromatic nitrogens is 1. The number of ether oxygens (including phenoxy) is 1. The van der Waals surface area contributed by atoms with Gasteiger partial charge >= 0.3 is 0 Å². The van der Waals surface area contributed by atoms with Crippen LogP contribution in [0.25, 0.3) is 10.8 Å². The van der Waals surface area contributed by atoms with Gasteiger partial charge in [0, 0.05) is 60.2 Å². The highest BCUT2D eigenvalue weighted by Gasteiger charge is 2.14. The number of morpholine rings is 1. The maximum Gasteiger partial charge on any atom is 0.0594 e. The van der Waals surface area contributed by atoms with Gasteiger partial charge in [-0.2, -0.15) is 0 Å². The summed E-state index contributed by atoms with van der Waals surface area (Å²) in [4.78, 5) is 6.64. The van der Waals surface area contributed by atoms with E-state index in [-0.39, 0.29) is 0 Å². The van der Waals surface area contributed by atoms with Crippen LogP contribution < -0.4 is 11.1 Å². The molecule has 0 saturated carbocycles. The van der Waals surface area contributed by atoms with Crippen LogP contribution in [0.4, 0.5) is 11.4 Å². The molecular formula is C16H22N4O. The Morgan fingerprint density at radius 1 is 1.29 bits per heavy atom. The summed E-state index contributed by atoms with van der Waals surface area (Å²) in [6.07, 6.45) is 3.65. The molecule has 1 aliphatic rings. The number of nitrogens with zero attached hydrogens (tertiary/aromatic N) is 2. The van der Waals surface area contributed by atoms with Gasteiger partial charge in [0.05, 0.1) is 13.2 Å². The average Bonchev–Trinajstić information content (AvgIpc) is 2.51. The van der Waals surface area contributed by atoms with Crippen molar-refractivity contribution in [2.45, 2.75) is 13.0 Å². The first-order valence-electron chi connectivity index (χ1n) is 7.43. The van der Waals surface area contributed by atoms with Crippen molar-refractivity contribution in [1.29, 1.82) is 0 Å². The zero-order chi connectivity index (χ0) is 14.7. The van der Waals surface area contributed by atoms with Crippen LogP contribution in [0.15, 0.2) is 30.6 Å². The van der Waals surface area contributed by atoms with E-state index in [9.17, 15) is 0 Å². The number of pyridine rings is 1. The van der Waals surface area contributed by atoms with Gasteiger partial charge in [-0.05, 0) is 25.1 Å². The van der Waals surface area contributed by atoms with Gasteiger partial charge in [0.2, 0.25) is 0 Å². The minimum atomic E-state index is 0.357. The predicted molar refractivity (Wildman–Crippen MR) is 86.5 cm³/mol. The molecule has 0 bridgehead atoms. The molecule has 0 radical (unpaired) electrons. The first-order valence-corrected chi connectivity index (χ1v) is 7.43. The van der Waals surface area contributed by atoms with E-state index in [1.54, 1.807) is 6.20 Å². The van der Waals surface area contributed by atoms with E-state index in [1.165, 1.54) is 0 Å². The Hall–Kier alpha value is -1.85. The molecule has 21 heavy (non-hydrogen) atoms. The molecule has 1 aromatic carbocycles. The fraction of sp³-hybridized carbons (Fsp3) is 0.438. The van der Waals surface area contributed by atoms with Crippen LogP contribution >= 0.6 is 0 Å². The molecule has 1 unspecified atom stereocenters. The van der Waals surface area contributed by atoms with Gasteiger partial charge < -0.3 is 15.8 Å². The van der Waals surface area contributed by atoms with Crippen molar-refractivity contribution in [3.8, 4) is 0 Å². The minimum Gasteiger partial charge on any atom is -0.398 e. The number of nitrogens with one attached hydrogen (secondary N) is 1. The normalized spacial score (nSPS) is 17.8. The molecule has 0 amide bonds. The van der Waals surface area contributed by atoms with E-state index in [1.807, 2.05) is 24.4 Å². The third-order valence-corrected chi connectivity index (χ3v) is 3.89. The molecule has 112 valence electrons. The molecule has 3 N–H and O–H groups in total. The fourth-order valence-corrected chi connectivity index (χ4v) is 2.82. The molecule has 5 nitrogen and oxygen atoms in total. The molecule has 5 heteroatoms. The lowest BCUT2D eigenvalue weighted by Gasteiger charge is -2.30. The summed E-state index contributed by atoms with van der Waals surface area (Å²) in [6, 6.07) is 6.30. The van der Waals surface area contributed by atoms with Crippen molar-refractivity contribution in [3.63, 3.8) is 0 Å². The lowest BCUT2D eigenvalue weighted by atomic mass is 10.1. The van der Waals surface area contributed by atoms with Crippen molar-refractivity contribution < 1.29 is 4.74 Å². The Labute approximate surface area is 125 Å². The zero-order valence-corrected chi connectivity index (χ0v) is 12.4. The van der Waals surface area contributed by atoms with Gasteiger partial charge in [-0.15, -0.1) is 0 Å². The topological polar surface area (TPSA) is 63.4 Å². The first kappa shape index (κ1) is 14.1. The maximum atomic E-state index is 6.03. The first-order chi connectivity index (χ1) is 10.2. The van der Waals surface area contributed by atoms with E-state index < -0.39 is 0 Å². The second-order valence-electron chi connectivity index (χ2n) is 5.58. The van der Waals surface area contributed by atoms with Crippen molar-refractivity contribution in [2.75, 3.05) is 43.9 Å². The summed E-state index contributed by atoms with van der Waals surface area (Å²) in [7, 11) is 0. The zero-order valence-electron chi connectivity index (χ0n) is 12.4. The van der Waals surface area contributed by atoms with Crippen LogP contribution in [0, 0.1) is 0 Å². The molecule has 0 aliphatic carbocycles. The van der Waals surface area contributed by atoms with Crippen molar-refractivity contribution in [3.05, 3.63) is 30.6 Å². The summed E-state index contributed by atoms with van der Waals surface area (Å²) >= 11 is 0. The van der Waals surface area contributed by atoms with E-state index in [0.29, 0.717) is 6.04 Å². The molecule has 1 atom stereocenters. The molecule has 1 fully saturated rings. The molecule has 1 aromatic heterocycles. The van der Waals surface area contributed by atoms with Gasteiger partial charge in [-0.3, -0.25) is 9.88 Å². The van der Waals surface area contributed by atoms with E-state index in [4.69, 9.17) is 10.5 Å². The van der Waals surface area contributed by atoms with Gasteiger partial charge in [-0.25, -0.2) is 0 Å². The smallest absolute Gasteiger partial charge is 0.0594 e. The number of nitrogen functional groups attached to an aromatic ring is 1. The van der Waals surface area contributed by atoms with Crippen LogP contribution in [-0.4, -0.2) is 48.8 Å². The number of hydrogen-bond acceptors (Lipinski definition) is 5. The predicted octanol–water partition coefficient (Wildman–Crippen LogP) is 1.95. The summed E-state index contributed by atoms with van der Waals surface area (Å²) < 4.78 is 5.39. The number of hydrogen-bond donors (Lipinski definition) is 2. The molecular weight excluding hydrogens is 264 g/mol. The van der Waals surface area contributed by atoms with Crippen molar-refractivity contribution in [1.82, 2.24) is 9.88 Å². The number of fused-ring (bicyclic) bond motifs is 1. The molecule has 2 aromatic rings. The van der Waals surface area contributed by atoms with Gasteiger partial charge in [0.1, 0.15) is 0 Å². The number of rotatable bonds is 4. The highest BCUT2D eigenvalue weighted by atomic mass is 16.5. The average molecular weight is 286 g/mol. The molecule has 2 heterocycles. The lowest BCUT2D eigenvalue weighted by molar-refractivity contribution is 0.0368. The van der Waals surface area contributed by atoms with Gasteiger partial charge in [-0.1, -0.05) is 0 Å². The van der Waals surface area contributed by atoms with E-state index in [2.05, 4.69) is 22.1 Å². The number of nitrogens with two attached hydrogens (primary N) is 1. The highest BCUT2D eigenvalue weighted by molar-refractivity contribution is 6.00. The van der Waals surface area contributed by atoms with Crippen molar-refractivity contribution >= 4 is 22.1 Å². The Balaban J connectivity index is 1.73. The van der Waals surface area contributed by atoms with Crippen LogP contribution in [0.1, 0.15) is 6.92 Å². The Morgan fingerprint density at radius 2 is 2.10 bits per heavy atom. The Kier molecular flexibility index (Phi) is 4.22. The SMILES string of the molecule is CC(CN1CCOCC1)Nc1ccc(N)c2ccncc12. The lowest BCUT2D eigenvalue weighted by Crippen LogP contribution is -2.42. The molecule has 0 spiro atoms. The largest absolute Gasteiger partial charge is 0.398 e. The van der Waals surface area contributed by atoms with Crippen LogP contribution in [-0.2, 0) is 4.74 Å². The maximum absolute atomic E-state index is 6.03. The Morgan fingerprint density at radius 3 is 2.90 bits per heavy atom. The second-order valence-corrected chi connectivity index (χ2v) is 5.58. The van der Waals surface area contributed by atoms with Crippen LogP contribution in [0.2, 0.25) is 0 Å². The third-order valence-electron chi connectivity index (χ3n) is 3.89. The van der Waals surface area contributed by atoms with E-state index in [0.717, 1.165) is 55.0 Å². The Bertz CT molecular complexity index is 610.